The molecule has 2 unspecified atom stereocenters. The number of hydrogen-bond acceptors (Lipinski definition) is 6. The Morgan fingerprint density at radius 3 is 1.86 bits per heavy atom. The van der Waals surface area contributed by atoms with Crippen molar-refractivity contribution >= 4 is 5.97 Å². The summed E-state index contributed by atoms with van der Waals surface area (Å²) < 4.78 is 11.9. The van der Waals surface area contributed by atoms with Crippen molar-refractivity contribution in [1.29, 1.82) is 0 Å². The highest BCUT2D eigenvalue weighted by Crippen LogP contribution is 2.40. The van der Waals surface area contributed by atoms with Gasteiger partial charge in [-0.2, -0.15) is 0 Å². The van der Waals surface area contributed by atoms with Crippen LogP contribution in [0, 0.1) is 10.1 Å². The summed E-state index contributed by atoms with van der Waals surface area (Å²) in [6.07, 6.45) is -0.569. The van der Waals surface area contributed by atoms with Gasteiger partial charge in [0.1, 0.15) is 0 Å². The highest BCUT2D eigenvalue weighted by molar-refractivity contribution is 5.92. The number of carboxylic acid groups (broad SMARTS) is 1. The summed E-state index contributed by atoms with van der Waals surface area (Å²) in [4.78, 5) is 24.1. The molecular formula is C28H25NO7. The molecule has 184 valence electrons. The molecular weight excluding hydrogens is 462 g/mol. The molecule has 4 rings (SSSR count). The summed E-state index contributed by atoms with van der Waals surface area (Å²) in [5.41, 5.74) is -0.584. The van der Waals surface area contributed by atoms with E-state index in [1.807, 2.05) is 12.1 Å². The van der Waals surface area contributed by atoms with Crippen LogP contribution in [0.5, 0.6) is 0 Å². The minimum Gasteiger partial charge on any atom is -0.503 e. The van der Waals surface area contributed by atoms with Crippen LogP contribution in [0.25, 0.3) is 0 Å². The number of ether oxygens (including phenoxy) is 2. The molecule has 0 fully saturated rings. The lowest BCUT2D eigenvalue weighted by Crippen LogP contribution is -2.57. The fraction of sp³-hybridized carbons (Fsp3) is 0.179. The predicted octanol–water partition coefficient (Wildman–Crippen LogP) is 4.84. The van der Waals surface area contributed by atoms with Crippen LogP contribution in [-0.4, -0.2) is 32.9 Å². The van der Waals surface area contributed by atoms with E-state index in [2.05, 4.69) is 0 Å². The summed E-state index contributed by atoms with van der Waals surface area (Å²) in [6, 6.07) is 26.8. The Bertz CT molecular complexity index is 1270. The second kappa shape index (κ2) is 11.0. The minimum atomic E-state index is -2.55. The Labute approximate surface area is 207 Å². The average Bonchev–Trinajstić information content (AvgIpc) is 2.89. The fourth-order valence-electron chi connectivity index (χ4n) is 4.17. The summed E-state index contributed by atoms with van der Waals surface area (Å²) >= 11 is 0. The number of benzene rings is 3. The summed E-state index contributed by atoms with van der Waals surface area (Å²) in [7, 11) is 0. The standard InChI is InChI=1S/C28H25NO7/c30-25-17-24(27(31)32)23(16-20-10-4-1-5-11-20)26(35-18-21-12-6-2-7-13-21)28(25,29(33)34)36-19-22-14-8-3-9-15-22/h1-15,17,26,30H,16,18-19H2,(H,31,32). The molecule has 36 heavy (non-hydrogen) atoms. The maximum Gasteiger partial charge on any atom is 0.412 e. The average molecular weight is 488 g/mol. The lowest BCUT2D eigenvalue weighted by molar-refractivity contribution is -0.636. The number of nitro groups is 1. The third-order valence-electron chi connectivity index (χ3n) is 5.97. The first-order chi connectivity index (χ1) is 17.4. The Balaban J connectivity index is 1.81. The molecule has 8 nitrogen and oxygen atoms in total. The number of rotatable bonds is 10. The largest absolute Gasteiger partial charge is 0.503 e. The SMILES string of the molecule is O=C(O)C1=C(Cc2ccccc2)C(OCc2ccccc2)C(OCc2ccccc2)([N+](=O)[O-])C(O)=C1. The Kier molecular flexibility index (Phi) is 7.58. The van der Waals surface area contributed by atoms with Crippen molar-refractivity contribution in [3.8, 4) is 0 Å². The van der Waals surface area contributed by atoms with Crippen LogP contribution < -0.4 is 0 Å². The number of carboxylic acids is 1. The zero-order chi connectivity index (χ0) is 25.5. The van der Waals surface area contributed by atoms with Crippen LogP contribution in [-0.2, 0) is 33.9 Å². The topological polar surface area (TPSA) is 119 Å². The van der Waals surface area contributed by atoms with Gasteiger partial charge in [0.05, 0.1) is 23.7 Å². The van der Waals surface area contributed by atoms with Crippen LogP contribution in [0.2, 0.25) is 0 Å². The van der Waals surface area contributed by atoms with Gasteiger partial charge >= 0.3 is 11.7 Å². The van der Waals surface area contributed by atoms with Gasteiger partial charge in [-0.05, 0) is 28.7 Å². The van der Waals surface area contributed by atoms with Gasteiger partial charge in [0, 0.05) is 6.08 Å². The first-order valence-electron chi connectivity index (χ1n) is 11.3. The van der Waals surface area contributed by atoms with Gasteiger partial charge in [0.25, 0.3) is 0 Å². The lowest BCUT2D eigenvalue weighted by Gasteiger charge is -2.36. The number of aliphatic hydroxyl groups excluding tert-OH is 1. The van der Waals surface area contributed by atoms with Gasteiger partial charge in [0.15, 0.2) is 6.10 Å². The molecule has 0 saturated heterocycles. The first-order valence-corrected chi connectivity index (χ1v) is 11.3. The Hall–Kier alpha value is -4.27. The number of carbonyl (C=O) groups is 1. The molecule has 0 radical (unpaired) electrons. The van der Waals surface area contributed by atoms with E-state index in [1.54, 1.807) is 78.9 Å². The van der Waals surface area contributed by atoms with Crippen LogP contribution in [0.15, 0.2) is 114 Å². The quantitative estimate of drug-likeness (QED) is 0.239. The third kappa shape index (κ3) is 5.19. The smallest absolute Gasteiger partial charge is 0.412 e. The van der Waals surface area contributed by atoms with Crippen molar-refractivity contribution in [2.75, 3.05) is 0 Å². The second-order valence-corrected chi connectivity index (χ2v) is 8.34. The monoisotopic (exact) mass is 487 g/mol. The van der Waals surface area contributed by atoms with E-state index in [9.17, 15) is 25.1 Å². The van der Waals surface area contributed by atoms with Crippen molar-refractivity contribution in [2.24, 2.45) is 0 Å². The van der Waals surface area contributed by atoms with Gasteiger partial charge < -0.3 is 19.7 Å². The van der Waals surface area contributed by atoms with E-state index < -0.39 is 28.5 Å². The highest BCUT2D eigenvalue weighted by atomic mass is 16.7. The summed E-state index contributed by atoms with van der Waals surface area (Å²) in [6.45, 7) is -0.264. The van der Waals surface area contributed by atoms with E-state index in [-0.39, 0.29) is 30.8 Å². The molecule has 0 saturated carbocycles. The normalized spacial score (nSPS) is 19.6. The molecule has 0 amide bonds. The maximum atomic E-state index is 12.6. The predicted molar refractivity (Wildman–Crippen MR) is 131 cm³/mol. The number of aliphatic carboxylic acids is 1. The van der Waals surface area contributed by atoms with Crippen molar-refractivity contribution in [3.05, 3.63) is 141 Å². The second-order valence-electron chi connectivity index (χ2n) is 8.34. The van der Waals surface area contributed by atoms with Crippen molar-refractivity contribution in [1.82, 2.24) is 0 Å². The van der Waals surface area contributed by atoms with Gasteiger partial charge in [-0.1, -0.05) is 91.0 Å². The molecule has 2 N–H and O–H groups in total. The molecule has 8 heteroatoms. The van der Waals surface area contributed by atoms with Crippen LogP contribution in [0.3, 0.4) is 0 Å². The number of nitrogens with zero attached hydrogens (tertiary/aromatic N) is 1. The van der Waals surface area contributed by atoms with Crippen molar-refractivity contribution in [3.63, 3.8) is 0 Å². The third-order valence-corrected chi connectivity index (χ3v) is 5.97. The van der Waals surface area contributed by atoms with Gasteiger partial charge in [-0.15, -0.1) is 0 Å². The molecule has 2 atom stereocenters. The zero-order valence-corrected chi connectivity index (χ0v) is 19.3. The van der Waals surface area contributed by atoms with Crippen molar-refractivity contribution in [2.45, 2.75) is 31.5 Å². The first kappa shape index (κ1) is 24.8. The molecule has 1 aliphatic carbocycles. The minimum absolute atomic E-state index is 0.0516. The van der Waals surface area contributed by atoms with E-state index in [0.29, 0.717) is 5.56 Å². The Morgan fingerprint density at radius 2 is 1.36 bits per heavy atom. The van der Waals surface area contributed by atoms with Crippen LogP contribution in [0.1, 0.15) is 16.7 Å². The fourth-order valence-corrected chi connectivity index (χ4v) is 4.17. The van der Waals surface area contributed by atoms with Gasteiger partial charge in [0.2, 0.25) is 5.76 Å². The van der Waals surface area contributed by atoms with Gasteiger partial charge in [-0.3, -0.25) is 10.1 Å². The number of hydrogen-bond donors (Lipinski definition) is 2. The van der Waals surface area contributed by atoms with E-state index in [4.69, 9.17) is 9.47 Å². The lowest BCUT2D eigenvalue weighted by atomic mass is 9.83. The summed E-state index contributed by atoms with van der Waals surface area (Å²) in [5, 5.41) is 33.5. The highest BCUT2D eigenvalue weighted by Gasteiger charge is 2.61. The molecule has 0 heterocycles. The molecule has 3 aromatic carbocycles. The molecule has 0 aromatic heterocycles. The van der Waals surface area contributed by atoms with E-state index >= 15 is 0 Å². The zero-order valence-electron chi connectivity index (χ0n) is 19.3. The molecule has 1 aliphatic rings. The van der Waals surface area contributed by atoms with Crippen LogP contribution in [0.4, 0.5) is 0 Å². The van der Waals surface area contributed by atoms with Crippen molar-refractivity contribution < 1.29 is 29.4 Å². The molecule has 0 bridgehead atoms. The van der Waals surface area contributed by atoms with E-state index in [0.717, 1.165) is 17.2 Å². The molecule has 0 aliphatic heterocycles. The van der Waals surface area contributed by atoms with Gasteiger partial charge in [-0.25, -0.2) is 4.79 Å². The van der Waals surface area contributed by atoms with E-state index in [1.165, 1.54) is 0 Å². The maximum absolute atomic E-state index is 12.6. The Morgan fingerprint density at radius 1 is 0.861 bits per heavy atom. The van der Waals surface area contributed by atoms with Crippen LogP contribution >= 0.6 is 0 Å². The number of aliphatic hydroxyl groups is 1. The summed E-state index contributed by atoms with van der Waals surface area (Å²) in [5.74, 6) is -2.17. The molecule has 3 aromatic rings. The molecule has 0 spiro atoms.